The summed E-state index contributed by atoms with van der Waals surface area (Å²) in [6.45, 7) is 1.93. The van der Waals surface area contributed by atoms with Gasteiger partial charge in [-0.15, -0.1) is 0 Å². The third-order valence-corrected chi connectivity index (χ3v) is 6.70. The molecule has 1 fully saturated rings. The lowest BCUT2D eigenvalue weighted by Gasteiger charge is -2.10. The summed E-state index contributed by atoms with van der Waals surface area (Å²) in [7, 11) is -3.71. The highest BCUT2D eigenvalue weighted by molar-refractivity contribution is 8.18. The summed E-state index contributed by atoms with van der Waals surface area (Å²) in [5, 5.41) is 1.82. The topological polar surface area (TPSA) is 102 Å². The number of amides is 2. The molecule has 1 aliphatic rings. The Hall–Kier alpha value is -3.56. The van der Waals surface area contributed by atoms with Crippen LogP contribution in [0, 0.1) is 6.92 Å². The molecule has 162 valence electrons. The maximum atomic E-state index is 12.6. The number of ether oxygens (including phenoxy) is 1. The maximum Gasteiger partial charge on any atom is 0.290 e. The summed E-state index contributed by atoms with van der Waals surface area (Å²) < 4.78 is 33.5. The van der Waals surface area contributed by atoms with Crippen LogP contribution in [0.15, 0.2) is 82.6 Å². The fourth-order valence-corrected chi connectivity index (χ4v) is 4.60. The zero-order valence-corrected chi connectivity index (χ0v) is 18.5. The van der Waals surface area contributed by atoms with Crippen molar-refractivity contribution in [3.63, 3.8) is 0 Å². The largest absolute Gasteiger partial charge is 0.457 e. The minimum atomic E-state index is -3.71. The monoisotopic (exact) mass is 466 g/mol. The van der Waals surface area contributed by atoms with Crippen molar-refractivity contribution in [2.45, 2.75) is 11.8 Å². The third kappa shape index (κ3) is 5.19. The van der Waals surface area contributed by atoms with Crippen molar-refractivity contribution < 1.29 is 22.7 Å². The second kappa shape index (κ2) is 8.89. The number of carbonyl (C=O) groups is 2. The van der Waals surface area contributed by atoms with Crippen LogP contribution >= 0.6 is 11.8 Å². The van der Waals surface area contributed by atoms with Gasteiger partial charge in [0.25, 0.3) is 21.2 Å². The Morgan fingerprint density at radius 2 is 1.47 bits per heavy atom. The predicted molar refractivity (Wildman–Crippen MR) is 124 cm³/mol. The van der Waals surface area contributed by atoms with Crippen LogP contribution in [0.2, 0.25) is 0 Å². The summed E-state index contributed by atoms with van der Waals surface area (Å²) in [5.41, 5.74) is 2.27. The number of anilines is 1. The summed E-state index contributed by atoms with van der Waals surface area (Å²) in [6, 6.07) is 20.1. The molecule has 0 atom stereocenters. The van der Waals surface area contributed by atoms with Crippen molar-refractivity contribution in [2.75, 3.05) is 4.72 Å². The number of carbonyl (C=O) groups excluding carboxylic acids is 2. The van der Waals surface area contributed by atoms with Crippen LogP contribution in [-0.2, 0) is 14.8 Å². The van der Waals surface area contributed by atoms with Crippen LogP contribution in [0.25, 0.3) is 6.08 Å². The molecule has 0 bridgehead atoms. The van der Waals surface area contributed by atoms with Gasteiger partial charge in [0.2, 0.25) is 0 Å². The van der Waals surface area contributed by atoms with Gasteiger partial charge in [-0.05, 0) is 78.9 Å². The summed E-state index contributed by atoms with van der Waals surface area (Å²) in [4.78, 5) is 23.3. The Labute approximate surface area is 189 Å². The second-order valence-electron chi connectivity index (χ2n) is 6.97. The van der Waals surface area contributed by atoms with E-state index in [1.54, 1.807) is 54.6 Å². The van der Waals surface area contributed by atoms with E-state index in [2.05, 4.69) is 10.0 Å². The zero-order chi connectivity index (χ0) is 22.7. The number of benzene rings is 3. The molecule has 32 heavy (non-hydrogen) atoms. The van der Waals surface area contributed by atoms with Gasteiger partial charge >= 0.3 is 0 Å². The van der Waals surface area contributed by atoms with Gasteiger partial charge in [0.15, 0.2) is 0 Å². The summed E-state index contributed by atoms with van der Waals surface area (Å²) in [6.07, 6.45) is 1.62. The fraction of sp³-hybridized carbons (Fsp3) is 0.0435. The molecule has 0 aliphatic carbocycles. The SMILES string of the molecule is Cc1ccc(NS(=O)(=O)c2ccc(Oc3ccc(/C=C4/SC(=O)NC4=O)cc3)cc2)cc1. The fourth-order valence-electron chi connectivity index (χ4n) is 2.86. The lowest BCUT2D eigenvalue weighted by Crippen LogP contribution is -2.17. The predicted octanol–water partition coefficient (Wildman–Crippen LogP) is 4.91. The van der Waals surface area contributed by atoms with Gasteiger partial charge in [0, 0.05) is 5.69 Å². The number of hydrogen-bond acceptors (Lipinski definition) is 6. The van der Waals surface area contributed by atoms with Gasteiger partial charge in [-0.25, -0.2) is 8.42 Å². The van der Waals surface area contributed by atoms with Crippen molar-refractivity contribution in [3.8, 4) is 11.5 Å². The van der Waals surface area contributed by atoms with E-state index in [0.29, 0.717) is 22.1 Å². The minimum absolute atomic E-state index is 0.120. The zero-order valence-electron chi connectivity index (χ0n) is 16.9. The first-order chi connectivity index (χ1) is 15.3. The van der Waals surface area contributed by atoms with Gasteiger partial charge in [0.05, 0.1) is 9.80 Å². The van der Waals surface area contributed by atoms with Gasteiger partial charge in [-0.2, -0.15) is 0 Å². The van der Waals surface area contributed by atoms with Gasteiger partial charge in [-0.3, -0.25) is 19.6 Å². The smallest absolute Gasteiger partial charge is 0.290 e. The molecule has 1 saturated heterocycles. The first kappa shape index (κ1) is 21.7. The highest BCUT2D eigenvalue weighted by Crippen LogP contribution is 2.28. The first-order valence-corrected chi connectivity index (χ1v) is 11.8. The van der Waals surface area contributed by atoms with E-state index < -0.39 is 15.9 Å². The normalized spacial score (nSPS) is 15.0. The molecular weight excluding hydrogens is 448 g/mol. The Kier molecular flexibility index (Phi) is 6.02. The van der Waals surface area contributed by atoms with Crippen LogP contribution in [0.1, 0.15) is 11.1 Å². The van der Waals surface area contributed by atoms with Gasteiger partial charge in [0.1, 0.15) is 11.5 Å². The van der Waals surface area contributed by atoms with E-state index in [0.717, 1.165) is 22.9 Å². The number of aryl methyl sites for hydroxylation is 1. The van der Waals surface area contributed by atoms with E-state index >= 15 is 0 Å². The van der Waals surface area contributed by atoms with Crippen LogP contribution in [0.5, 0.6) is 11.5 Å². The van der Waals surface area contributed by atoms with Crippen LogP contribution in [-0.4, -0.2) is 19.6 Å². The molecule has 0 aromatic heterocycles. The molecule has 3 aromatic rings. The van der Waals surface area contributed by atoms with Gasteiger partial charge in [-0.1, -0.05) is 29.8 Å². The van der Waals surface area contributed by atoms with Gasteiger partial charge < -0.3 is 4.74 Å². The lowest BCUT2D eigenvalue weighted by molar-refractivity contribution is -0.115. The van der Waals surface area contributed by atoms with E-state index in [1.165, 1.54) is 12.1 Å². The molecule has 4 rings (SSSR count). The quantitative estimate of drug-likeness (QED) is 0.501. The van der Waals surface area contributed by atoms with E-state index in [9.17, 15) is 18.0 Å². The Morgan fingerprint density at radius 1 is 0.875 bits per heavy atom. The van der Waals surface area contributed by atoms with E-state index in [-0.39, 0.29) is 10.1 Å². The number of imide groups is 1. The van der Waals surface area contributed by atoms with Crippen molar-refractivity contribution in [1.82, 2.24) is 5.32 Å². The minimum Gasteiger partial charge on any atom is -0.457 e. The van der Waals surface area contributed by atoms with Crippen molar-refractivity contribution in [3.05, 3.63) is 88.8 Å². The highest BCUT2D eigenvalue weighted by atomic mass is 32.2. The number of nitrogens with one attached hydrogen (secondary N) is 2. The number of hydrogen-bond donors (Lipinski definition) is 2. The molecule has 0 radical (unpaired) electrons. The van der Waals surface area contributed by atoms with Crippen LogP contribution in [0.4, 0.5) is 10.5 Å². The van der Waals surface area contributed by atoms with E-state index in [4.69, 9.17) is 4.74 Å². The molecule has 0 saturated carbocycles. The molecule has 1 heterocycles. The first-order valence-electron chi connectivity index (χ1n) is 9.51. The molecule has 0 spiro atoms. The van der Waals surface area contributed by atoms with Crippen LogP contribution in [0.3, 0.4) is 0 Å². The van der Waals surface area contributed by atoms with Crippen molar-refractivity contribution >= 4 is 44.7 Å². The molecule has 3 aromatic carbocycles. The Balaban J connectivity index is 1.42. The molecule has 1 aliphatic heterocycles. The molecule has 0 unspecified atom stereocenters. The Morgan fingerprint density at radius 3 is 2.03 bits per heavy atom. The lowest BCUT2D eigenvalue weighted by atomic mass is 10.2. The number of rotatable bonds is 6. The molecule has 7 nitrogen and oxygen atoms in total. The van der Waals surface area contributed by atoms with E-state index in [1.807, 2.05) is 19.1 Å². The maximum absolute atomic E-state index is 12.6. The van der Waals surface area contributed by atoms with Crippen molar-refractivity contribution in [2.24, 2.45) is 0 Å². The summed E-state index contributed by atoms with van der Waals surface area (Å²) >= 11 is 0.856. The average Bonchev–Trinajstić information content (AvgIpc) is 3.08. The van der Waals surface area contributed by atoms with Crippen LogP contribution < -0.4 is 14.8 Å². The molecular formula is C23H18N2O5S2. The summed E-state index contributed by atoms with van der Waals surface area (Å²) in [5.74, 6) is 0.606. The molecule has 2 N–H and O–H groups in total. The average molecular weight is 467 g/mol. The molecule has 2 amide bonds. The Bertz CT molecular complexity index is 1300. The molecule has 9 heteroatoms. The second-order valence-corrected chi connectivity index (χ2v) is 9.66. The highest BCUT2D eigenvalue weighted by Gasteiger charge is 2.24. The standard InChI is InChI=1S/C23H18N2O5S2/c1-15-2-6-17(7-3-15)25-32(28,29)20-12-10-19(11-13-20)30-18-8-4-16(5-9-18)14-21-22(26)24-23(27)31-21/h2-14,25H,1H3,(H,24,26,27)/b21-14+. The van der Waals surface area contributed by atoms with Crippen molar-refractivity contribution in [1.29, 1.82) is 0 Å². The third-order valence-electron chi connectivity index (χ3n) is 4.49. The number of thioether (sulfide) groups is 1. The number of sulfonamides is 1.